The average molecular weight is 606 g/mol. The zero-order chi connectivity index (χ0) is 31.5. The fourth-order valence-corrected chi connectivity index (χ4v) is 7.78. The van der Waals surface area contributed by atoms with Gasteiger partial charge in [-0.05, 0) is 93.7 Å². The van der Waals surface area contributed by atoms with Gasteiger partial charge in [-0.2, -0.15) is 0 Å². The molecule has 0 fully saturated rings. The van der Waals surface area contributed by atoms with Crippen LogP contribution in [0.4, 0.5) is 11.4 Å². The van der Waals surface area contributed by atoms with Crippen molar-refractivity contribution in [3.63, 3.8) is 0 Å². The molecule has 2 aliphatic rings. The lowest BCUT2D eigenvalue weighted by Gasteiger charge is -2.30. The van der Waals surface area contributed by atoms with E-state index in [1.165, 1.54) is 61.2 Å². The molecule has 6 aromatic carbocycles. The van der Waals surface area contributed by atoms with Crippen molar-refractivity contribution < 1.29 is 4.42 Å². The third-order valence-corrected chi connectivity index (χ3v) is 10.2. The second kappa shape index (κ2) is 10.7. The van der Waals surface area contributed by atoms with E-state index in [9.17, 15) is 0 Å². The highest BCUT2D eigenvalue weighted by molar-refractivity contribution is 5.88. The number of rotatable bonds is 5. The van der Waals surface area contributed by atoms with Gasteiger partial charge in [-0.3, -0.25) is 0 Å². The van der Waals surface area contributed by atoms with Crippen LogP contribution in [0.3, 0.4) is 0 Å². The highest BCUT2D eigenvalue weighted by Crippen LogP contribution is 2.50. The Morgan fingerprint density at radius 2 is 1.21 bits per heavy atom. The lowest BCUT2D eigenvalue weighted by molar-refractivity contribution is 0.593. The molecule has 0 saturated heterocycles. The van der Waals surface area contributed by atoms with Crippen molar-refractivity contribution in [2.75, 3.05) is 4.90 Å². The number of hydrogen-bond acceptors (Lipinski definition) is 2. The molecular weight excluding hydrogens is 571 g/mol. The number of furan rings is 1. The van der Waals surface area contributed by atoms with Crippen molar-refractivity contribution in [1.82, 2.24) is 0 Å². The van der Waals surface area contributed by atoms with Crippen LogP contribution in [0.25, 0.3) is 50.4 Å². The third-order valence-electron chi connectivity index (χ3n) is 10.2. The van der Waals surface area contributed by atoms with Crippen LogP contribution in [0.1, 0.15) is 42.7 Å². The molecule has 0 aliphatic heterocycles. The molecule has 0 radical (unpaired) electrons. The molecule has 2 aliphatic carbocycles. The molecule has 0 atom stereocenters. The minimum atomic E-state index is -0.00200. The first-order valence-corrected chi connectivity index (χ1v) is 16.6. The maximum Gasteiger partial charge on any atom is 0.135 e. The average Bonchev–Trinajstić information content (AvgIpc) is 3.60. The maximum atomic E-state index is 6.40. The number of anilines is 2. The van der Waals surface area contributed by atoms with Crippen LogP contribution in [0.2, 0.25) is 0 Å². The SMILES string of the molecule is CC1(C)c2ccccc2-c2cc(-c3cccc(N(C4=Cc5oc6ccccc6c5CC4)c4ccc(-c5ccccc5)cc4)c3)ccc21. The summed E-state index contributed by atoms with van der Waals surface area (Å²) in [6.45, 7) is 4.68. The molecule has 47 heavy (non-hydrogen) atoms. The van der Waals surface area contributed by atoms with E-state index in [0.717, 1.165) is 35.6 Å². The second-order valence-electron chi connectivity index (χ2n) is 13.3. The van der Waals surface area contributed by atoms with E-state index >= 15 is 0 Å². The number of hydrogen-bond donors (Lipinski definition) is 0. The van der Waals surface area contributed by atoms with Gasteiger partial charge in [0.05, 0.1) is 0 Å². The largest absolute Gasteiger partial charge is 0.456 e. The van der Waals surface area contributed by atoms with Crippen LogP contribution >= 0.6 is 0 Å². The van der Waals surface area contributed by atoms with Gasteiger partial charge < -0.3 is 9.32 Å². The quantitative estimate of drug-likeness (QED) is 0.194. The Morgan fingerprint density at radius 1 is 0.532 bits per heavy atom. The van der Waals surface area contributed by atoms with Gasteiger partial charge in [0.25, 0.3) is 0 Å². The molecule has 1 heterocycles. The van der Waals surface area contributed by atoms with E-state index in [-0.39, 0.29) is 5.41 Å². The van der Waals surface area contributed by atoms with E-state index in [2.05, 4.69) is 164 Å². The van der Waals surface area contributed by atoms with E-state index in [0.29, 0.717) is 0 Å². The van der Waals surface area contributed by atoms with Crippen molar-refractivity contribution in [3.05, 3.63) is 174 Å². The van der Waals surface area contributed by atoms with Gasteiger partial charge in [0, 0.05) is 39.5 Å². The third kappa shape index (κ3) is 4.55. The van der Waals surface area contributed by atoms with E-state index in [1.807, 2.05) is 6.07 Å². The number of para-hydroxylation sites is 1. The number of benzene rings is 6. The summed E-state index contributed by atoms with van der Waals surface area (Å²) in [5.41, 5.74) is 16.1. The Hall–Kier alpha value is -5.60. The Balaban J connectivity index is 1.16. The first-order valence-electron chi connectivity index (χ1n) is 16.6. The summed E-state index contributed by atoms with van der Waals surface area (Å²) in [5.74, 6) is 0.967. The summed E-state index contributed by atoms with van der Waals surface area (Å²) in [5, 5.41) is 1.22. The maximum absolute atomic E-state index is 6.40. The van der Waals surface area contributed by atoms with Crippen molar-refractivity contribution >= 4 is 28.4 Å². The predicted molar refractivity (Wildman–Crippen MR) is 196 cm³/mol. The molecule has 0 bridgehead atoms. The van der Waals surface area contributed by atoms with Gasteiger partial charge in [-0.25, -0.2) is 0 Å². The summed E-state index contributed by atoms with van der Waals surface area (Å²) >= 11 is 0. The summed E-state index contributed by atoms with van der Waals surface area (Å²) in [7, 11) is 0. The van der Waals surface area contributed by atoms with Crippen molar-refractivity contribution in [3.8, 4) is 33.4 Å². The fraction of sp³-hybridized carbons (Fsp3) is 0.111. The highest BCUT2D eigenvalue weighted by atomic mass is 16.3. The normalized spacial score (nSPS) is 14.3. The van der Waals surface area contributed by atoms with E-state index < -0.39 is 0 Å². The Labute approximate surface area is 276 Å². The topological polar surface area (TPSA) is 16.4 Å². The smallest absolute Gasteiger partial charge is 0.135 e. The van der Waals surface area contributed by atoms with Gasteiger partial charge in [-0.1, -0.05) is 123 Å². The van der Waals surface area contributed by atoms with Crippen molar-refractivity contribution in [1.29, 1.82) is 0 Å². The lowest BCUT2D eigenvalue weighted by Crippen LogP contribution is -2.19. The molecule has 1 aromatic heterocycles. The minimum Gasteiger partial charge on any atom is -0.456 e. The van der Waals surface area contributed by atoms with Crippen LogP contribution in [-0.4, -0.2) is 0 Å². The second-order valence-corrected chi connectivity index (χ2v) is 13.3. The standard InChI is InChI=1S/C45H35NO/c1-45(2)41-17-8-6-15-37(41)40-28-33(21-26-42(40)45)32-13-10-14-35(27-32)46(34-22-19-31(20-23-34)30-11-4-3-5-12-30)36-24-25-39-38-16-7-9-18-43(38)47-44(39)29-36/h3-23,26-29H,24-25H2,1-2H3. The number of nitrogens with zero attached hydrogens (tertiary/aromatic N) is 1. The zero-order valence-corrected chi connectivity index (χ0v) is 26.7. The minimum absolute atomic E-state index is 0.00200. The number of aryl methyl sites for hydroxylation is 1. The van der Waals surface area contributed by atoms with Crippen LogP contribution in [0.15, 0.2) is 156 Å². The number of allylic oxidation sites excluding steroid dienone is 1. The van der Waals surface area contributed by atoms with Gasteiger partial charge in [0.1, 0.15) is 11.3 Å². The van der Waals surface area contributed by atoms with Crippen molar-refractivity contribution in [2.24, 2.45) is 0 Å². The zero-order valence-electron chi connectivity index (χ0n) is 26.7. The molecule has 0 unspecified atom stereocenters. The van der Waals surface area contributed by atoms with Gasteiger partial charge >= 0.3 is 0 Å². The highest BCUT2D eigenvalue weighted by Gasteiger charge is 2.35. The van der Waals surface area contributed by atoms with Gasteiger partial charge in [0.2, 0.25) is 0 Å². The van der Waals surface area contributed by atoms with Crippen LogP contribution in [0, 0.1) is 0 Å². The molecule has 7 aromatic rings. The van der Waals surface area contributed by atoms with E-state index in [4.69, 9.17) is 4.42 Å². The monoisotopic (exact) mass is 605 g/mol. The first-order chi connectivity index (χ1) is 23.0. The molecule has 0 N–H and O–H groups in total. The molecule has 9 rings (SSSR count). The molecule has 0 spiro atoms. The van der Waals surface area contributed by atoms with Gasteiger partial charge in [-0.15, -0.1) is 0 Å². The molecule has 0 saturated carbocycles. The Bertz CT molecular complexity index is 2320. The summed E-state index contributed by atoms with van der Waals surface area (Å²) in [6, 6.07) is 52.8. The van der Waals surface area contributed by atoms with E-state index in [1.54, 1.807) is 0 Å². The fourth-order valence-electron chi connectivity index (χ4n) is 7.78. The molecule has 2 nitrogen and oxygen atoms in total. The predicted octanol–water partition coefficient (Wildman–Crippen LogP) is 12.2. The van der Waals surface area contributed by atoms with Crippen LogP contribution < -0.4 is 4.90 Å². The molecule has 2 heteroatoms. The van der Waals surface area contributed by atoms with Crippen LogP contribution in [0.5, 0.6) is 0 Å². The Morgan fingerprint density at radius 3 is 2.09 bits per heavy atom. The number of fused-ring (bicyclic) bond motifs is 6. The summed E-state index contributed by atoms with van der Waals surface area (Å²) < 4.78 is 6.40. The molecule has 0 amide bonds. The van der Waals surface area contributed by atoms with Gasteiger partial charge in [0.15, 0.2) is 0 Å². The summed E-state index contributed by atoms with van der Waals surface area (Å²) in [6.07, 6.45) is 4.12. The molecular formula is C45H35NO. The molecule has 226 valence electrons. The Kier molecular flexibility index (Phi) is 6.33. The first kappa shape index (κ1) is 27.7. The van der Waals surface area contributed by atoms with Crippen molar-refractivity contribution in [2.45, 2.75) is 32.1 Å². The van der Waals surface area contributed by atoms with Crippen LogP contribution in [-0.2, 0) is 11.8 Å². The lowest BCUT2D eigenvalue weighted by atomic mass is 9.82. The summed E-state index contributed by atoms with van der Waals surface area (Å²) in [4.78, 5) is 2.42.